The molecule has 0 spiro atoms. The molecule has 1 aromatic rings. The van der Waals surface area contributed by atoms with Gasteiger partial charge in [-0.25, -0.2) is 0 Å². The van der Waals surface area contributed by atoms with Crippen LogP contribution in [0.25, 0.3) is 0 Å². The van der Waals surface area contributed by atoms with Gasteiger partial charge in [-0.05, 0) is 37.6 Å². The molecule has 88 valence electrons. The van der Waals surface area contributed by atoms with Gasteiger partial charge in [-0.1, -0.05) is 21.5 Å². The van der Waals surface area contributed by atoms with Crippen LogP contribution in [0.5, 0.6) is 0 Å². The molecule has 0 amide bonds. The molecule has 0 aliphatic heterocycles. The van der Waals surface area contributed by atoms with E-state index in [0.29, 0.717) is 0 Å². The number of anilines is 1. The summed E-state index contributed by atoms with van der Waals surface area (Å²) in [5.41, 5.74) is 2.28. The lowest BCUT2D eigenvalue weighted by Crippen LogP contribution is -2.09. The fourth-order valence-electron chi connectivity index (χ4n) is 1.18. The Morgan fingerprint density at radius 3 is 2.62 bits per heavy atom. The summed E-state index contributed by atoms with van der Waals surface area (Å²) in [4.78, 5) is 0. The Hall–Kier alpha value is -0.800. The first-order valence-electron chi connectivity index (χ1n) is 5.40. The van der Waals surface area contributed by atoms with Gasteiger partial charge < -0.3 is 10.1 Å². The van der Waals surface area contributed by atoms with Gasteiger partial charge in [-0.3, -0.25) is 0 Å². The zero-order valence-corrected chi connectivity index (χ0v) is 11.2. The fraction of sp³-hybridized carbons (Fsp3) is 0.385. The zero-order valence-electron chi connectivity index (χ0n) is 9.63. The Morgan fingerprint density at radius 2 is 2.00 bits per heavy atom. The molecule has 16 heavy (non-hydrogen) atoms. The standard InChI is InChI=1S/C13H18BrNO/c1-11(2)7-9-16-10-8-15-13-5-3-12(14)4-6-13/h3-6,15H,1,7-10H2,2H3. The highest BCUT2D eigenvalue weighted by atomic mass is 79.9. The molecule has 3 heteroatoms. The van der Waals surface area contributed by atoms with Crippen molar-refractivity contribution in [3.05, 3.63) is 40.9 Å². The third-order valence-electron chi connectivity index (χ3n) is 2.09. The molecule has 1 rings (SSSR count). The molecule has 2 nitrogen and oxygen atoms in total. The van der Waals surface area contributed by atoms with E-state index in [-0.39, 0.29) is 0 Å². The lowest BCUT2D eigenvalue weighted by Gasteiger charge is -2.07. The minimum Gasteiger partial charge on any atom is -0.383 e. The van der Waals surface area contributed by atoms with E-state index in [1.807, 2.05) is 31.2 Å². The van der Waals surface area contributed by atoms with Gasteiger partial charge in [-0.15, -0.1) is 6.58 Å². The van der Waals surface area contributed by atoms with Gasteiger partial charge in [0, 0.05) is 16.7 Å². The Bertz CT molecular complexity index is 321. The van der Waals surface area contributed by atoms with Crippen molar-refractivity contribution in [3.8, 4) is 0 Å². The van der Waals surface area contributed by atoms with Gasteiger partial charge >= 0.3 is 0 Å². The lowest BCUT2D eigenvalue weighted by atomic mass is 10.3. The highest BCUT2D eigenvalue weighted by Crippen LogP contribution is 2.13. The van der Waals surface area contributed by atoms with Gasteiger partial charge in [0.05, 0.1) is 13.2 Å². The Kier molecular flexibility index (Phi) is 6.19. The first kappa shape index (κ1) is 13.3. The van der Waals surface area contributed by atoms with E-state index in [4.69, 9.17) is 4.74 Å². The Labute approximate surface area is 106 Å². The summed E-state index contributed by atoms with van der Waals surface area (Å²) >= 11 is 3.40. The van der Waals surface area contributed by atoms with Crippen LogP contribution >= 0.6 is 15.9 Å². The molecule has 0 fully saturated rings. The van der Waals surface area contributed by atoms with Crippen LogP contribution in [-0.2, 0) is 4.74 Å². The number of halogens is 1. The largest absolute Gasteiger partial charge is 0.383 e. The smallest absolute Gasteiger partial charge is 0.0639 e. The first-order chi connectivity index (χ1) is 7.68. The Balaban J connectivity index is 2.07. The van der Waals surface area contributed by atoms with Gasteiger partial charge in [0.1, 0.15) is 0 Å². The number of hydrogen-bond acceptors (Lipinski definition) is 2. The average Bonchev–Trinajstić information content (AvgIpc) is 2.25. The molecule has 0 saturated carbocycles. The van der Waals surface area contributed by atoms with E-state index in [0.717, 1.165) is 36.3 Å². The van der Waals surface area contributed by atoms with Crippen molar-refractivity contribution in [2.75, 3.05) is 25.1 Å². The molecule has 0 aliphatic carbocycles. The normalized spacial score (nSPS) is 10.1. The third-order valence-corrected chi connectivity index (χ3v) is 2.62. The van der Waals surface area contributed by atoms with Crippen LogP contribution in [0.2, 0.25) is 0 Å². The summed E-state index contributed by atoms with van der Waals surface area (Å²) in [6, 6.07) is 8.12. The Morgan fingerprint density at radius 1 is 1.31 bits per heavy atom. The zero-order chi connectivity index (χ0) is 11.8. The minimum atomic E-state index is 0.726. The number of benzene rings is 1. The average molecular weight is 284 g/mol. The minimum absolute atomic E-state index is 0.726. The van der Waals surface area contributed by atoms with Crippen LogP contribution in [0.15, 0.2) is 40.9 Å². The molecule has 0 radical (unpaired) electrons. The van der Waals surface area contributed by atoms with Gasteiger partial charge in [0.2, 0.25) is 0 Å². The second kappa shape index (κ2) is 7.47. The molecule has 0 heterocycles. The van der Waals surface area contributed by atoms with Crippen molar-refractivity contribution in [2.45, 2.75) is 13.3 Å². The molecule has 0 aliphatic rings. The first-order valence-corrected chi connectivity index (χ1v) is 6.19. The van der Waals surface area contributed by atoms with Crippen LogP contribution in [0.4, 0.5) is 5.69 Å². The van der Waals surface area contributed by atoms with Crippen molar-refractivity contribution in [1.29, 1.82) is 0 Å². The topological polar surface area (TPSA) is 21.3 Å². The maximum atomic E-state index is 5.46. The summed E-state index contributed by atoms with van der Waals surface area (Å²) in [6.45, 7) is 8.16. The van der Waals surface area contributed by atoms with Crippen LogP contribution in [0, 0.1) is 0 Å². The third kappa shape index (κ3) is 5.93. The number of ether oxygens (including phenoxy) is 1. The van der Waals surface area contributed by atoms with Gasteiger partial charge in [0.15, 0.2) is 0 Å². The summed E-state index contributed by atoms with van der Waals surface area (Å²) in [5, 5.41) is 3.29. The molecule has 0 aromatic heterocycles. The molecule has 0 atom stereocenters. The number of nitrogens with one attached hydrogen (secondary N) is 1. The van der Waals surface area contributed by atoms with Gasteiger partial charge in [0.25, 0.3) is 0 Å². The monoisotopic (exact) mass is 283 g/mol. The summed E-state index contributed by atoms with van der Waals surface area (Å²) < 4.78 is 6.55. The summed E-state index contributed by atoms with van der Waals surface area (Å²) in [7, 11) is 0. The predicted molar refractivity (Wildman–Crippen MR) is 72.9 cm³/mol. The van der Waals surface area contributed by atoms with E-state index in [1.165, 1.54) is 5.57 Å². The van der Waals surface area contributed by atoms with E-state index < -0.39 is 0 Å². The highest BCUT2D eigenvalue weighted by Gasteiger charge is 1.92. The van der Waals surface area contributed by atoms with Gasteiger partial charge in [-0.2, -0.15) is 0 Å². The predicted octanol–water partition coefficient (Wildman–Crippen LogP) is 3.84. The molecule has 0 saturated heterocycles. The van der Waals surface area contributed by atoms with E-state index in [1.54, 1.807) is 0 Å². The molecular weight excluding hydrogens is 266 g/mol. The van der Waals surface area contributed by atoms with Crippen LogP contribution < -0.4 is 5.32 Å². The van der Waals surface area contributed by atoms with E-state index in [2.05, 4.69) is 27.8 Å². The van der Waals surface area contributed by atoms with E-state index >= 15 is 0 Å². The number of hydrogen-bond donors (Lipinski definition) is 1. The molecule has 0 unspecified atom stereocenters. The summed E-state index contributed by atoms with van der Waals surface area (Å²) in [6.07, 6.45) is 0.943. The molecular formula is C13H18BrNO. The van der Waals surface area contributed by atoms with Crippen molar-refractivity contribution in [1.82, 2.24) is 0 Å². The lowest BCUT2D eigenvalue weighted by molar-refractivity contribution is 0.147. The van der Waals surface area contributed by atoms with Crippen LogP contribution in [-0.4, -0.2) is 19.8 Å². The SMILES string of the molecule is C=C(C)CCOCCNc1ccc(Br)cc1. The molecule has 1 aromatic carbocycles. The maximum absolute atomic E-state index is 5.46. The van der Waals surface area contributed by atoms with Crippen molar-refractivity contribution >= 4 is 21.6 Å². The maximum Gasteiger partial charge on any atom is 0.0639 e. The number of rotatable bonds is 7. The quantitative estimate of drug-likeness (QED) is 0.606. The summed E-state index contributed by atoms with van der Waals surface area (Å²) in [5.74, 6) is 0. The second-order valence-electron chi connectivity index (χ2n) is 3.75. The van der Waals surface area contributed by atoms with E-state index in [9.17, 15) is 0 Å². The molecule has 1 N–H and O–H groups in total. The van der Waals surface area contributed by atoms with Crippen LogP contribution in [0.1, 0.15) is 13.3 Å². The van der Waals surface area contributed by atoms with Crippen molar-refractivity contribution in [2.24, 2.45) is 0 Å². The fourth-order valence-corrected chi connectivity index (χ4v) is 1.45. The van der Waals surface area contributed by atoms with Crippen molar-refractivity contribution < 1.29 is 4.74 Å². The molecule has 0 bridgehead atoms. The second-order valence-corrected chi connectivity index (χ2v) is 4.67. The van der Waals surface area contributed by atoms with Crippen molar-refractivity contribution in [3.63, 3.8) is 0 Å². The highest BCUT2D eigenvalue weighted by molar-refractivity contribution is 9.10. The van der Waals surface area contributed by atoms with Crippen LogP contribution in [0.3, 0.4) is 0 Å².